The Morgan fingerprint density at radius 2 is 0.917 bits per heavy atom. The van der Waals surface area contributed by atoms with Crippen molar-refractivity contribution >= 4 is 0 Å². The van der Waals surface area contributed by atoms with Crippen LogP contribution in [0.15, 0.2) is 60.7 Å². The summed E-state index contributed by atoms with van der Waals surface area (Å²) in [6.45, 7) is 4.33. The molecule has 0 aliphatic carbocycles. The summed E-state index contributed by atoms with van der Waals surface area (Å²) >= 11 is 0. The minimum Gasteiger partial charge on any atom is -0.504 e. The third kappa shape index (κ3) is 5.20. The highest BCUT2D eigenvalue weighted by Gasteiger charge is 2.40. The van der Waals surface area contributed by atoms with Gasteiger partial charge in [-0.25, -0.2) is 0 Å². The van der Waals surface area contributed by atoms with Crippen LogP contribution in [-0.2, 0) is 12.8 Å². The van der Waals surface area contributed by atoms with E-state index in [-0.39, 0.29) is 47.0 Å². The van der Waals surface area contributed by atoms with Crippen molar-refractivity contribution < 1.29 is 49.6 Å². The first-order valence-electron chi connectivity index (χ1n) is 16.4. The maximum Gasteiger partial charge on any atom is 0.157 e. The molecule has 48 heavy (non-hydrogen) atoms. The molecule has 0 aromatic heterocycles. The highest BCUT2D eigenvalue weighted by atomic mass is 16.5. The van der Waals surface area contributed by atoms with E-state index in [1.807, 2.05) is 12.1 Å². The zero-order valence-corrected chi connectivity index (χ0v) is 26.5. The van der Waals surface area contributed by atoms with Crippen LogP contribution < -0.4 is 18.9 Å². The largest absolute Gasteiger partial charge is 0.504 e. The number of hydrogen-bond donors (Lipinski definition) is 6. The average Bonchev–Trinajstić information content (AvgIpc) is 3.05. The number of benzene rings is 4. The van der Waals surface area contributed by atoms with Crippen molar-refractivity contribution in [2.24, 2.45) is 0 Å². The molecule has 8 unspecified atom stereocenters. The van der Waals surface area contributed by atoms with Gasteiger partial charge in [0, 0.05) is 25.0 Å². The van der Waals surface area contributed by atoms with Crippen molar-refractivity contribution in [3.8, 4) is 46.0 Å². The van der Waals surface area contributed by atoms with Crippen LogP contribution in [-0.4, -0.2) is 55.1 Å². The Morgan fingerprint density at radius 3 is 1.31 bits per heavy atom. The Kier molecular flexibility index (Phi) is 7.26. The number of ether oxygens (including phenoxy) is 4. The van der Waals surface area contributed by atoms with E-state index >= 15 is 0 Å². The van der Waals surface area contributed by atoms with Gasteiger partial charge >= 0.3 is 0 Å². The summed E-state index contributed by atoms with van der Waals surface area (Å²) in [7, 11) is 0. The van der Waals surface area contributed by atoms with Gasteiger partial charge in [-0.3, -0.25) is 0 Å². The lowest BCUT2D eigenvalue weighted by atomic mass is 9.82. The quantitative estimate of drug-likeness (QED) is 0.149. The smallest absolute Gasteiger partial charge is 0.157 e. The van der Waals surface area contributed by atoms with Gasteiger partial charge in [0.1, 0.15) is 47.4 Å². The molecule has 10 nitrogen and oxygen atoms in total. The molecule has 10 heteroatoms. The molecule has 4 heterocycles. The van der Waals surface area contributed by atoms with Crippen molar-refractivity contribution in [3.63, 3.8) is 0 Å². The van der Waals surface area contributed by atoms with Crippen LogP contribution in [0.4, 0.5) is 0 Å². The normalized spacial score (nSPS) is 28.7. The minimum absolute atomic E-state index is 0.170. The number of rotatable bonds is 3. The molecule has 4 aliphatic heterocycles. The second-order valence-electron chi connectivity index (χ2n) is 13.7. The Hall–Kier alpha value is -4.80. The van der Waals surface area contributed by atoms with Crippen molar-refractivity contribution in [2.75, 3.05) is 0 Å². The van der Waals surface area contributed by atoms with E-state index in [2.05, 4.69) is 26.0 Å². The number of hydrogen-bond acceptors (Lipinski definition) is 10. The van der Waals surface area contributed by atoms with Gasteiger partial charge in [0.25, 0.3) is 0 Å². The first-order chi connectivity index (χ1) is 23.0. The van der Waals surface area contributed by atoms with Crippen LogP contribution in [0.25, 0.3) is 0 Å². The maximum atomic E-state index is 10.9. The van der Waals surface area contributed by atoms with Crippen molar-refractivity contribution in [1.82, 2.24) is 0 Å². The molecule has 0 saturated heterocycles. The lowest BCUT2D eigenvalue weighted by Gasteiger charge is -2.41. The Bertz CT molecular complexity index is 1770. The summed E-state index contributed by atoms with van der Waals surface area (Å²) in [6.07, 6.45) is -1.30. The van der Waals surface area contributed by atoms with Crippen molar-refractivity contribution in [3.05, 3.63) is 94.0 Å². The third-order valence-electron chi connectivity index (χ3n) is 10.3. The number of phenolic OH excluding ortho intramolecular Hbond substituents is 4. The van der Waals surface area contributed by atoms with Gasteiger partial charge in [0.2, 0.25) is 0 Å². The fourth-order valence-electron chi connectivity index (χ4n) is 7.70. The zero-order chi connectivity index (χ0) is 33.4. The second-order valence-corrected chi connectivity index (χ2v) is 13.7. The molecule has 0 radical (unpaired) electrons. The van der Waals surface area contributed by atoms with Gasteiger partial charge in [-0.15, -0.1) is 0 Å². The van der Waals surface area contributed by atoms with Gasteiger partial charge in [-0.1, -0.05) is 26.0 Å². The fourth-order valence-corrected chi connectivity index (χ4v) is 7.70. The number of phenols is 4. The lowest BCUT2D eigenvalue weighted by molar-refractivity contribution is 0.0102. The van der Waals surface area contributed by atoms with Gasteiger partial charge in [0.05, 0.1) is 12.2 Å². The summed E-state index contributed by atoms with van der Waals surface area (Å²) < 4.78 is 25.8. The van der Waals surface area contributed by atoms with Crippen molar-refractivity contribution in [2.45, 2.75) is 88.0 Å². The Morgan fingerprint density at radius 1 is 0.500 bits per heavy atom. The first-order valence-corrected chi connectivity index (χ1v) is 16.4. The zero-order valence-electron chi connectivity index (χ0n) is 26.5. The first kappa shape index (κ1) is 30.5. The topological polar surface area (TPSA) is 158 Å². The molecule has 4 aliphatic rings. The number of fused-ring (bicyclic) bond motifs is 4. The van der Waals surface area contributed by atoms with Gasteiger partial charge < -0.3 is 49.6 Å². The molecule has 8 rings (SSSR count). The van der Waals surface area contributed by atoms with Gasteiger partial charge in [0.15, 0.2) is 23.0 Å². The molecular weight excluding hydrogens is 616 g/mol. The van der Waals surface area contributed by atoms with Crippen LogP contribution in [0.1, 0.15) is 84.1 Å². The predicted octanol–water partition coefficient (Wildman–Crippen LogP) is 5.79. The fraction of sp³-hybridized carbons (Fsp3) is 0.368. The molecule has 0 amide bonds. The standard InChI is InChI=1S/C38H38O10/c1-17-7-35(45-33-15-31-21(9-23(17)33)13-29(43)37(47-31)19-3-5-25(39)27(41)11-19)36-8-18(2)24-10-22-14-30(44)38(48-32(22)16-34(24)46-36)20-4-6-26(40)28(42)12-20/h3-6,9-12,15-18,29-30,35-44H,7-8,13-14H2,1-2H3. The molecule has 4 aromatic rings. The van der Waals surface area contributed by atoms with E-state index in [0.29, 0.717) is 47.0 Å². The molecule has 0 saturated carbocycles. The Balaban J connectivity index is 1.03. The average molecular weight is 655 g/mol. The van der Waals surface area contributed by atoms with E-state index < -0.39 is 24.4 Å². The van der Waals surface area contributed by atoms with E-state index in [1.165, 1.54) is 24.3 Å². The second kappa shape index (κ2) is 11.4. The number of aliphatic hydroxyl groups is 2. The number of aliphatic hydroxyl groups excluding tert-OH is 2. The van der Waals surface area contributed by atoms with Crippen LogP contribution in [0.2, 0.25) is 0 Å². The molecule has 0 spiro atoms. The van der Waals surface area contributed by atoms with E-state index in [0.717, 1.165) is 35.1 Å². The molecule has 4 aromatic carbocycles. The molecule has 6 N–H and O–H groups in total. The monoisotopic (exact) mass is 654 g/mol. The van der Waals surface area contributed by atoms with Gasteiger partial charge in [-0.05, 0) is 94.5 Å². The van der Waals surface area contributed by atoms with Crippen LogP contribution in [0.3, 0.4) is 0 Å². The SMILES string of the molecule is CC1CC(C2CC(C)c3cc4c(cc3O2)OC(c2ccc(O)c(O)c2)C(O)C4)Oc2cc3c(cc21)CC(O)C(c1ccc(O)c(O)c1)O3. The van der Waals surface area contributed by atoms with Crippen molar-refractivity contribution in [1.29, 1.82) is 0 Å². The summed E-state index contributed by atoms with van der Waals surface area (Å²) in [4.78, 5) is 0. The third-order valence-corrected chi connectivity index (χ3v) is 10.3. The van der Waals surface area contributed by atoms with E-state index in [1.54, 1.807) is 12.1 Å². The van der Waals surface area contributed by atoms with Crippen LogP contribution in [0.5, 0.6) is 46.0 Å². The van der Waals surface area contributed by atoms with Crippen LogP contribution in [0, 0.1) is 0 Å². The Labute approximate surface area is 277 Å². The highest BCUT2D eigenvalue weighted by molar-refractivity contribution is 5.53. The van der Waals surface area contributed by atoms with E-state index in [4.69, 9.17) is 18.9 Å². The molecular formula is C38H38O10. The summed E-state index contributed by atoms with van der Waals surface area (Å²) in [5, 5.41) is 61.4. The summed E-state index contributed by atoms with van der Waals surface area (Å²) in [5.41, 5.74) is 5.01. The maximum absolute atomic E-state index is 10.9. The molecule has 250 valence electrons. The highest BCUT2D eigenvalue weighted by Crippen LogP contribution is 2.49. The summed E-state index contributed by atoms with van der Waals surface area (Å²) in [6, 6.07) is 16.7. The molecule has 0 fully saturated rings. The number of aromatic hydroxyl groups is 4. The molecule has 8 atom stereocenters. The van der Waals surface area contributed by atoms with E-state index in [9.17, 15) is 30.6 Å². The molecule has 0 bridgehead atoms. The van der Waals surface area contributed by atoms with Gasteiger partial charge in [-0.2, -0.15) is 0 Å². The lowest BCUT2D eigenvalue weighted by Crippen LogP contribution is -2.42. The minimum atomic E-state index is -0.828. The van der Waals surface area contributed by atoms with Crippen LogP contribution >= 0.6 is 0 Å². The predicted molar refractivity (Wildman–Crippen MR) is 173 cm³/mol. The summed E-state index contributed by atoms with van der Waals surface area (Å²) in [5.74, 6) is 1.96.